The Kier molecular flexibility index (Phi) is 8.87. The van der Waals surface area contributed by atoms with E-state index in [1.165, 1.54) is 6.33 Å². The van der Waals surface area contributed by atoms with Gasteiger partial charge in [0.1, 0.15) is 17.7 Å². The molecule has 0 aliphatic rings. The smallest absolute Gasteiger partial charge is 0.305 e. The second kappa shape index (κ2) is 10.6. The molecule has 0 radical (unpaired) electrons. The van der Waals surface area contributed by atoms with Gasteiger partial charge in [0.15, 0.2) is 11.5 Å². The highest BCUT2D eigenvalue weighted by Crippen LogP contribution is 2.44. The SMILES string of the molecule is CCOC(=O)CCCN(C)c1ncnc2c(OC)c(OC)c(OC)cc12.Cl. The van der Waals surface area contributed by atoms with Crippen molar-refractivity contribution in [3.63, 3.8) is 0 Å². The minimum atomic E-state index is -0.193. The van der Waals surface area contributed by atoms with Crippen LogP contribution in [-0.2, 0) is 9.53 Å². The Labute approximate surface area is 165 Å². The maximum Gasteiger partial charge on any atom is 0.305 e. The molecule has 0 saturated heterocycles. The van der Waals surface area contributed by atoms with Gasteiger partial charge < -0.3 is 23.8 Å². The van der Waals surface area contributed by atoms with E-state index in [2.05, 4.69) is 9.97 Å². The molecule has 2 rings (SSSR count). The Bertz CT molecular complexity index is 772. The normalized spacial score (nSPS) is 10.1. The predicted octanol–water partition coefficient (Wildman–Crippen LogP) is 2.86. The summed E-state index contributed by atoms with van der Waals surface area (Å²) in [5.74, 6) is 2.04. The highest BCUT2D eigenvalue weighted by molar-refractivity contribution is 5.96. The molecule has 0 spiro atoms. The number of esters is 1. The van der Waals surface area contributed by atoms with E-state index in [0.717, 1.165) is 11.2 Å². The number of fused-ring (bicyclic) bond motifs is 1. The van der Waals surface area contributed by atoms with Crippen LogP contribution in [0.2, 0.25) is 0 Å². The predicted molar refractivity (Wildman–Crippen MR) is 106 cm³/mol. The Morgan fingerprint density at radius 1 is 1.11 bits per heavy atom. The zero-order valence-electron chi connectivity index (χ0n) is 16.3. The number of rotatable bonds is 9. The lowest BCUT2D eigenvalue weighted by atomic mass is 10.1. The number of aromatic nitrogens is 2. The van der Waals surface area contributed by atoms with Gasteiger partial charge in [-0.25, -0.2) is 9.97 Å². The number of anilines is 1. The van der Waals surface area contributed by atoms with Crippen LogP contribution in [0.3, 0.4) is 0 Å². The van der Waals surface area contributed by atoms with Crippen LogP contribution in [0.5, 0.6) is 17.2 Å². The Hall–Kier alpha value is -2.48. The minimum absolute atomic E-state index is 0. The molecule has 0 bridgehead atoms. The summed E-state index contributed by atoms with van der Waals surface area (Å²) in [6.45, 7) is 2.83. The molecule has 1 aromatic carbocycles. The summed E-state index contributed by atoms with van der Waals surface area (Å²) in [4.78, 5) is 22.2. The van der Waals surface area contributed by atoms with Crippen LogP contribution in [0.15, 0.2) is 12.4 Å². The van der Waals surface area contributed by atoms with Crippen molar-refractivity contribution in [1.82, 2.24) is 9.97 Å². The third kappa shape index (κ3) is 5.03. The average molecular weight is 400 g/mol. The quantitative estimate of drug-likeness (QED) is 0.595. The zero-order valence-corrected chi connectivity index (χ0v) is 17.1. The number of ether oxygens (including phenoxy) is 4. The van der Waals surface area contributed by atoms with E-state index in [1.807, 2.05) is 18.0 Å². The van der Waals surface area contributed by atoms with Gasteiger partial charge >= 0.3 is 5.97 Å². The van der Waals surface area contributed by atoms with Crippen LogP contribution in [0.25, 0.3) is 10.9 Å². The van der Waals surface area contributed by atoms with E-state index in [-0.39, 0.29) is 18.4 Å². The molecule has 0 unspecified atom stereocenters. The Morgan fingerprint density at radius 2 is 1.81 bits per heavy atom. The minimum Gasteiger partial charge on any atom is -0.493 e. The number of hydrogen-bond acceptors (Lipinski definition) is 8. The van der Waals surface area contributed by atoms with E-state index < -0.39 is 0 Å². The lowest BCUT2D eigenvalue weighted by Crippen LogP contribution is -2.21. The summed E-state index contributed by atoms with van der Waals surface area (Å²) in [7, 11) is 6.59. The molecule has 0 atom stereocenters. The summed E-state index contributed by atoms with van der Waals surface area (Å²) in [5, 5.41) is 0.778. The monoisotopic (exact) mass is 399 g/mol. The van der Waals surface area contributed by atoms with Crippen molar-refractivity contribution in [2.75, 3.05) is 46.4 Å². The van der Waals surface area contributed by atoms with Crippen LogP contribution >= 0.6 is 12.4 Å². The van der Waals surface area contributed by atoms with Crippen molar-refractivity contribution in [3.05, 3.63) is 12.4 Å². The van der Waals surface area contributed by atoms with Gasteiger partial charge in [-0.3, -0.25) is 4.79 Å². The second-order valence-corrected chi connectivity index (χ2v) is 5.57. The van der Waals surface area contributed by atoms with Crippen molar-refractivity contribution >= 4 is 35.1 Å². The van der Waals surface area contributed by atoms with E-state index in [1.54, 1.807) is 28.3 Å². The molecule has 0 N–H and O–H groups in total. The number of halogens is 1. The first-order valence-electron chi connectivity index (χ1n) is 8.37. The zero-order chi connectivity index (χ0) is 19.1. The van der Waals surface area contributed by atoms with Gasteiger partial charge in [-0.2, -0.15) is 0 Å². The average Bonchev–Trinajstić information content (AvgIpc) is 2.65. The van der Waals surface area contributed by atoms with Gasteiger partial charge in [0.2, 0.25) is 5.75 Å². The first-order chi connectivity index (χ1) is 12.6. The van der Waals surface area contributed by atoms with Crippen molar-refractivity contribution in [2.45, 2.75) is 19.8 Å². The third-order valence-corrected chi connectivity index (χ3v) is 3.95. The van der Waals surface area contributed by atoms with Gasteiger partial charge in [0, 0.05) is 20.0 Å². The molecule has 8 nitrogen and oxygen atoms in total. The number of hydrogen-bond donors (Lipinski definition) is 0. The Balaban J connectivity index is 0.00000364. The largest absolute Gasteiger partial charge is 0.493 e. The summed E-state index contributed by atoms with van der Waals surface area (Å²) < 4.78 is 21.3. The van der Waals surface area contributed by atoms with Crippen molar-refractivity contribution in [1.29, 1.82) is 0 Å². The number of carbonyl (C=O) groups is 1. The van der Waals surface area contributed by atoms with Gasteiger partial charge in [-0.05, 0) is 19.4 Å². The summed E-state index contributed by atoms with van der Waals surface area (Å²) in [5.41, 5.74) is 0.632. The number of carbonyl (C=O) groups excluding carboxylic acids is 1. The standard InChI is InChI=1S/C18H25N3O5.ClH/c1-6-26-14(22)8-7-9-21(2)18-12-10-13(23-3)16(24-4)17(25-5)15(12)19-11-20-18;/h10-11H,6-9H2,1-5H3;1H. The third-order valence-electron chi connectivity index (χ3n) is 3.95. The molecular formula is C18H26ClN3O5. The first-order valence-corrected chi connectivity index (χ1v) is 8.37. The van der Waals surface area contributed by atoms with E-state index >= 15 is 0 Å². The fourth-order valence-corrected chi connectivity index (χ4v) is 2.75. The van der Waals surface area contributed by atoms with Gasteiger partial charge in [0.25, 0.3) is 0 Å². The molecule has 0 aliphatic carbocycles. The summed E-state index contributed by atoms with van der Waals surface area (Å²) >= 11 is 0. The molecule has 0 amide bonds. The van der Waals surface area contributed by atoms with Crippen molar-refractivity contribution < 1.29 is 23.7 Å². The van der Waals surface area contributed by atoms with E-state index in [0.29, 0.717) is 48.8 Å². The van der Waals surface area contributed by atoms with Crippen LogP contribution in [0.4, 0.5) is 5.82 Å². The van der Waals surface area contributed by atoms with Crippen LogP contribution in [0, 0.1) is 0 Å². The van der Waals surface area contributed by atoms with Crippen LogP contribution < -0.4 is 19.1 Å². The highest BCUT2D eigenvalue weighted by atomic mass is 35.5. The molecule has 0 saturated carbocycles. The molecule has 27 heavy (non-hydrogen) atoms. The molecule has 9 heteroatoms. The van der Waals surface area contributed by atoms with Gasteiger partial charge in [-0.1, -0.05) is 0 Å². The van der Waals surface area contributed by atoms with Gasteiger partial charge in [0.05, 0.1) is 33.3 Å². The van der Waals surface area contributed by atoms with E-state index in [9.17, 15) is 4.79 Å². The first kappa shape index (κ1) is 22.6. The second-order valence-electron chi connectivity index (χ2n) is 5.57. The maximum absolute atomic E-state index is 11.5. The topological polar surface area (TPSA) is 83.0 Å². The molecular weight excluding hydrogens is 374 g/mol. The molecule has 0 aliphatic heterocycles. The van der Waals surface area contributed by atoms with Crippen LogP contribution in [0.1, 0.15) is 19.8 Å². The van der Waals surface area contributed by atoms with E-state index in [4.69, 9.17) is 18.9 Å². The molecule has 1 aromatic heterocycles. The fraction of sp³-hybridized carbons (Fsp3) is 0.500. The maximum atomic E-state index is 11.5. The highest BCUT2D eigenvalue weighted by Gasteiger charge is 2.20. The lowest BCUT2D eigenvalue weighted by molar-refractivity contribution is -0.143. The molecule has 0 fully saturated rings. The van der Waals surface area contributed by atoms with Crippen molar-refractivity contribution in [3.8, 4) is 17.2 Å². The molecule has 150 valence electrons. The summed E-state index contributed by atoms with van der Waals surface area (Å²) in [6, 6.07) is 1.83. The molecule has 1 heterocycles. The van der Waals surface area contributed by atoms with Crippen LogP contribution in [-0.4, -0.2) is 57.5 Å². The lowest BCUT2D eigenvalue weighted by Gasteiger charge is -2.21. The van der Waals surface area contributed by atoms with Gasteiger partial charge in [-0.15, -0.1) is 12.4 Å². The number of methoxy groups -OCH3 is 3. The Morgan fingerprint density at radius 3 is 2.41 bits per heavy atom. The fourth-order valence-electron chi connectivity index (χ4n) is 2.75. The number of nitrogens with zero attached hydrogens (tertiary/aromatic N) is 3. The van der Waals surface area contributed by atoms with Crippen molar-refractivity contribution in [2.24, 2.45) is 0 Å². The number of benzene rings is 1. The summed E-state index contributed by atoms with van der Waals surface area (Å²) in [6.07, 6.45) is 2.50. The molecule has 2 aromatic rings.